The third-order valence-electron chi connectivity index (χ3n) is 4.38. The fourth-order valence-corrected chi connectivity index (χ4v) is 4.20. The highest BCUT2D eigenvalue weighted by molar-refractivity contribution is 7.90. The molecule has 0 aliphatic rings. The average molecular weight is 444 g/mol. The van der Waals surface area contributed by atoms with Crippen LogP contribution in [-0.4, -0.2) is 59.2 Å². The second kappa shape index (κ2) is 12.8. The Morgan fingerprint density at radius 2 is 1.67 bits per heavy atom. The van der Waals surface area contributed by atoms with Crippen LogP contribution in [0.5, 0.6) is 5.75 Å². The Kier molecular flexibility index (Phi) is 11.1. The maximum atomic E-state index is 12.4. The Morgan fingerprint density at radius 3 is 2.23 bits per heavy atom. The van der Waals surface area contributed by atoms with Gasteiger partial charge in [-0.25, -0.2) is 0 Å². The number of nitrogens with one attached hydrogen (secondary N) is 2. The Balaban J connectivity index is 2.53. The first-order valence-electron chi connectivity index (χ1n) is 10.5. The van der Waals surface area contributed by atoms with Crippen molar-refractivity contribution in [1.29, 1.82) is 0 Å². The molecule has 0 saturated carbocycles. The van der Waals surface area contributed by atoms with Crippen LogP contribution in [0.15, 0.2) is 24.3 Å². The van der Waals surface area contributed by atoms with E-state index in [0.29, 0.717) is 29.1 Å². The van der Waals surface area contributed by atoms with Gasteiger partial charge < -0.3 is 19.1 Å². The molecule has 1 atom stereocenters. The minimum atomic E-state index is -3.94. The van der Waals surface area contributed by atoms with Crippen molar-refractivity contribution < 1.29 is 27.5 Å². The van der Waals surface area contributed by atoms with Gasteiger partial charge in [0.25, 0.3) is 10.2 Å². The molecule has 0 saturated heterocycles. The quantitative estimate of drug-likeness (QED) is 0.300. The molecule has 0 spiro atoms. The number of nitrogens with zero attached hydrogens (tertiary/aromatic N) is 1. The summed E-state index contributed by atoms with van der Waals surface area (Å²) in [6.45, 7) is 3.13. The highest BCUT2D eigenvalue weighted by Crippen LogP contribution is 2.17. The van der Waals surface area contributed by atoms with Crippen LogP contribution < -0.4 is 19.3 Å². The van der Waals surface area contributed by atoms with E-state index in [1.807, 2.05) is 21.1 Å². The number of unbranched alkanes of at least 4 members (excludes halogenated alkanes) is 5. The maximum absolute atomic E-state index is 12.4. The molecule has 0 amide bonds. The predicted molar refractivity (Wildman–Crippen MR) is 117 cm³/mol. The van der Waals surface area contributed by atoms with Gasteiger partial charge in [0.1, 0.15) is 5.75 Å². The number of carboxylic acids is 1. The fraction of sp³-hybridized carbons (Fsp3) is 0.667. The molecule has 0 fully saturated rings. The van der Waals surface area contributed by atoms with E-state index in [2.05, 4.69) is 16.4 Å². The van der Waals surface area contributed by atoms with E-state index in [4.69, 9.17) is 4.74 Å². The Labute approximate surface area is 181 Å². The SMILES string of the molecule is CCCCCCCCOc1ccc(NS(=O)(=O)NC(CC(=O)[O-])C[N+](C)(C)C)cc1. The summed E-state index contributed by atoms with van der Waals surface area (Å²) >= 11 is 0. The number of carbonyl (C=O) groups excluding carboxylic acids is 1. The number of benzene rings is 1. The highest BCUT2D eigenvalue weighted by atomic mass is 32.2. The van der Waals surface area contributed by atoms with Crippen LogP contribution >= 0.6 is 0 Å². The minimum absolute atomic E-state index is 0.306. The molecule has 8 nitrogen and oxygen atoms in total. The van der Waals surface area contributed by atoms with Crippen molar-refractivity contribution in [2.24, 2.45) is 0 Å². The van der Waals surface area contributed by atoms with Crippen molar-refractivity contribution in [2.75, 3.05) is 39.0 Å². The summed E-state index contributed by atoms with van der Waals surface area (Å²) < 4.78 is 35.7. The lowest BCUT2D eigenvalue weighted by molar-refractivity contribution is -0.871. The standard InChI is InChI=1S/C21H37N3O5S/c1-5-6-7-8-9-10-15-29-20-13-11-18(12-14-20)22-30(27,28)23-19(16-21(25)26)17-24(2,3)4/h11-14,19,22-23H,5-10,15-17H2,1-4H3. The van der Waals surface area contributed by atoms with Gasteiger partial charge in [0.2, 0.25) is 0 Å². The zero-order valence-electron chi connectivity index (χ0n) is 18.6. The molecular formula is C21H37N3O5S. The summed E-state index contributed by atoms with van der Waals surface area (Å²) in [5, 5.41) is 11.0. The molecule has 0 aromatic heterocycles. The van der Waals surface area contributed by atoms with Gasteiger partial charge in [0.15, 0.2) is 0 Å². The smallest absolute Gasteiger partial charge is 0.299 e. The first-order valence-corrected chi connectivity index (χ1v) is 12.0. The van der Waals surface area contributed by atoms with Crippen LogP contribution in [0, 0.1) is 0 Å². The van der Waals surface area contributed by atoms with Crippen molar-refractivity contribution >= 4 is 21.9 Å². The van der Waals surface area contributed by atoms with Gasteiger partial charge in [-0.3, -0.25) is 4.72 Å². The summed E-state index contributed by atoms with van der Waals surface area (Å²) in [7, 11) is 1.63. The molecule has 0 radical (unpaired) electrons. The number of aliphatic carboxylic acids is 1. The van der Waals surface area contributed by atoms with Crippen LogP contribution in [0.1, 0.15) is 51.9 Å². The van der Waals surface area contributed by atoms with E-state index < -0.39 is 28.6 Å². The minimum Gasteiger partial charge on any atom is -0.550 e. The number of carboxylic acid groups (broad SMARTS) is 1. The Bertz CT molecular complexity index is 730. The van der Waals surface area contributed by atoms with Crippen LogP contribution in [-0.2, 0) is 15.0 Å². The van der Waals surface area contributed by atoms with Gasteiger partial charge in [-0.1, -0.05) is 39.0 Å². The van der Waals surface area contributed by atoms with E-state index in [0.717, 1.165) is 12.8 Å². The molecule has 0 aliphatic heterocycles. The monoisotopic (exact) mass is 443 g/mol. The lowest BCUT2D eigenvalue weighted by Gasteiger charge is -2.29. The topological polar surface area (TPSA) is 108 Å². The summed E-state index contributed by atoms with van der Waals surface area (Å²) in [6, 6.07) is 5.86. The van der Waals surface area contributed by atoms with Gasteiger partial charge >= 0.3 is 0 Å². The van der Waals surface area contributed by atoms with Gasteiger partial charge in [-0.15, -0.1) is 0 Å². The van der Waals surface area contributed by atoms with Crippen LogP contribution in [0.2, 0.25) is 0 Å². The second-order valence-corrected chi connectivity index (χ2v) is 10.1. The molecule has 0 aliphatic carbocycles. The lowest BCUT2D eigenvalue weighted by Crippen LogP contribution is -2.51. The molecule has 30 heavy (non-hydrogen) atoms. The summed E-state index contributed by atoms with van der Waals surface area (Å²) in [5.74, 6) is -0.623. The zero-order valence-corrected chi connectivity index (χ0v) is 19.5. The number of ether oxygens (including phenoxy) is 1. The van der Waals surface area contributed by atoms with Crippen LogP contribution in [0.25, 0.3) is 0 Å². The summed E-state index contributed by atoms with van der Waals surface area (Å²) in [6.07, 6.45) is 6.72. The van der Waals surface area contributed by atoms with Gasteiger partial charge in [0, 0.05) is 12.4 Å². The number of hydrogen-bond donors (Lipinski definition) is 2. The van der Waals surface area contributed by atoms with Crippen molar-refractivity contribution in [3.63, 3.8) is 0 Å². The number of carbonyl (C=O) groups is 1. The van der Waals surface area contributed by atoms with Crippen LogP contribution in [0.3, 0.4) is 0 Å². The number of quaternary nitrogens is 1. The average Bonchev–Trinajstić information content (AvgIpc) is 2.59. The molecule has 172 valence electrons. The third kappa shape index (κ3) is 12.7. The first-order chi connectivity index (χ1) is 14.0. The van der Waals surface area contributed by atoms with Gasteiger partial charge in [-0.05, 0) is 30.7 Å². The Morgan fingerprint density at radius 1 is 1.07 bits per heavy atom. The van der Waals surface area contributed by atoms with Crippen molar-refractivity contribution in [1.82, 2.24) is 4.72 Å². The first kappa shape index (κ1) is 26.2. The molecule has 2 N–H and O–H groups in total. The van der Waals surface area contributed by atoms with Crippen molar-refractivity contribution in [3.05, 3.63) is 24.3 Å². The number of anilines is 1. The highest BCUT2D eigenvalue weighted by Gasteiger charge is 2.23. The number of likely N-dealkylation sites (N-methyl/N-ethyl adjacent to an activating group) is 1. The van der Waals surface area contributed by atoms with Gasteiger partial charge in [0.05, 0.1) is 46.0 Å². The normalized spacial score (nSPS) is 13.1. The fourth-order valence-electron chi connectivity index (χ4n) is 3.10. The molecule has 1 aromatic carbocycles. The van der Waals surface area contributed by atoms with E-state index in [1.54, 1.807) is 24.3 Å². The molecular weight excluding hydrogens is 406 g/mol. The predicted octanol–water partition coefficient (Wildman–Crippen LogP) is 1.89. The molecule has 0 heterocycles. The van der Waals surface area contributed by atoms with E-state index in [-0.39, 0.29) is 0 Å². The van der Waals surface area contributed by atoms with Crippen molar-refractivity contribution in [3.8, 4) is 5.75 Å². The second-order valence-electron chi connectivity index (χ2n) is 8.61. The van der Waals surface area contributed by atoms with Crippen LogP contribution in [0.4, 0.5) is 5.69 Å². The summed E-state index contributed by atoms with van der Waals surface area (Å²) in [4.78, 5) is 11.0. The van der Waals surface area contributed by atoms with E-state index in [9.17, 15) is 18.3 Å². The van der Waals surface area contributed by atoms with Crippen molar-refractivity contribution in [2.45, 2.75) is 57.9 Å². The van der Waals surface area contributed by atoms with Gasteiger partial charge in [-0.2, -0.15) is 13.1 Å². The van der Waals surface area contributed by atoms with E-state index in [1.165, 1.54) is 25.7 Å². The number of hydrogen-bond acceptors (Lipinski definition) is 5. The summed E-state index contributed by atoms with van der Waals surface area (Å²) in [5.41, 5.74) is 0.367. The zero-order chi connectivity index (χ0) is 22.6. The molecule has 1 unspecified atom stereocenters. The third-order valence-corrected chi connectivity index (χ3v) is 5.52. The number of rotatable bonds is 16. The Hall–Kier alpha value is -1.84. The molecule has 9 heteroatoms. The molecule has 1 rings (SSSR count). The lowest BCUT2D eigenvalue weighted by atomic mass is 10.1. The molecule has 1 aromatic rings. The maximum Gasteiger partial charge on any atom is 0.299 e. The van der Waals surface area contributed by atoms with E-state index >= 15 is 0 Å². The molecule has 0 bridgehead atoms. The largest absolute Gasteiger partial charge is 0.550 e.